The molecule has 3 aromatic rings. The zero-order valence-electron chi connectivity index (χ0n) is 15.7. The summed E-state index contributed by atoms with van der Waals surface area (Å²) in [6, 6.07) is 0.943. The van der Waals surface area contributed by atoms with Gasteiger partial charge >= 0.3 is 5.97 Å². The number of carbonyl (C=O) groups is 1. The second kappa shape index (κ2) is 7.54. The quantitative estimate of drug-likeness (QED) is 0.589. The summed E-state index contributed by atoms with van der Waals surface area (Å²) in [6.45, 7) is 0. The molecule has 150 valence electrons. The molecule has 3 heterocycles. The van der Waals surface area contributed by atoms with Crippen molar-refractivity contribution in [1.82, 2.24) is 19.5 Å². The first-order valence-electron chi connectivity index (χ1n) is 9.30. The van der Waals surface area contributed by atoms with Crippen LogP contribution in [-0.4, -0.2) is 36.6 Å². The van der Waals surface area contributed by atoms with Crippen LogP contribution in [-0.2, 0) is 11.8 Å². The summed E-state index contributed by atoms with van der Waals surface area (Å²) >= 11 is 0. The van der Waals surface area contributed by atoms with Crippen LogP contribution < -0.4 is 5.32 Å². The van der Waals surface area contributed by atoms with Crippen LogP contribution in [0.25, 0.3) is 11.0 Å². The van der Waals surface area contributed by atoms with E-state index in [0.717, 1.165) is 19.0 Å². The zero-order valence-corrected chi connectivity index (χ0v) is 15.7. The lowest BCUT2D eigenvalue weighted by Gasteiger charge is -2.29. The van der Waals surface area contributed by atoms with Gasteiger partial charge in [0.2, 0.25) is 5.95 Å². The molecule has 2 atom stereocenters. The van der Waals surface area contributed by atoms with Crippen LogP contribution in [0.3, 0.4) is 0 Å². The standard InChI is InChI=1S/C20H19F2N5O2/c1-27-16(7-6-11-9-23-18-14(11)8-12(21)10-24-18)26-19(17(27)22)25-15-5-3-2-4-13(15)20(28)29/h8-10,13,15,25H,2-5H2,1H3,(H,23,24)(H,28,29)/t13-,15-/m0/s1. The van der Waals surface area contributed by atoms with E-state index in [1.807, 2.05) is 0 Å². The Labute approximate surface area is 165 Å². The van der Waals surface area contributed by atoms with E-state index in [-0.39, 0.29) is 17.7 Å². The number of aliphatic carboxylic acids is 1. The van der Waals surface area contributed by atoms with Gasteiger partial charge in [-0.25, -0.2) is 14.4 Å². The van der Waals surface area contributed by atoms with Crippen molar-refractivity contribution in [2.24, 2.45) is 13.0 Å². The minimum atomic E-state index is -0.890. The van der Waals surface area contributed by atoms with Gasteiger partial charge in [0.05, 0.1) is 17.7 Å². The maximum atomic E-state index is 14.6. The van der Waals surface area contributed by atoms with Gasteiger partial charge in [0.15, 0.2) is 11.6 Å². The van der Waals surface area contributed by atoms with Crippen LogP contribution in [0.5, 0.6) is 0 Å². The van der Waals surface area contributed by atoms with Crippen LogP contribution in [0.4, 0.5) is 14.6 Å². The second-order valence-electron chi connectivity index (χ2n) is 7.12. The summed E-state index contributed by atoms with van der Waals surface area (Å²) in [4.78, 5) is 22.5. The molecule has 3 N–H and O–H groups in total. The number of nitrogens with one attached hydrogen (secondary N) is 2. The topological polar surface area (TPSA) is 95.8 Å². The van der Waals surface area contributed by atoms with Gasteiger partial charge in [0, 0.05) is 24.7 Å². The van der Waals surface area contributed by atoms with Crippen LogP contribution >= 0.6 is 0 Å². The fraction of sp³-hybridized carbons (Fsp3) is 0.350. The molecule has 3 aromatic heterocycles. The second-order valence-corrected chi connectivity index (χ2v) is 7.12. The van der Waals surface area contributed by atoms with Crippen molar-refractivity contribution in [2.45, 2.75) is 31.7 Å². The number of imidazole rings is 1. The molecule has 1 aliphatic carbocycles. The molecule has 0 saturated heterocycles. The molecular formula is C20H19F2N5O2. The normalized spacial score (nSPS) is 19.0. The molecule has 7 nitrogen and oxygen atoms in total. The number of fused-ring (bicyclic) bond motifs is 1. The first-order chi connectivity index (χ1) is 13.9. The predicted octanol–water partition coefficient (Wildman–Crippen LogP) is 3.03. The molecule has 4 rings (SSSR count). The number of anilines is 1. The Balaban J connectivity index is 1.61. The average molecular weight is 399 g/mol. The van der Waals surface area contributed by atoms with Crippen molar-refractivity contribution >= 4 is 22.8 Å². The lowest BCUT2D eigenvalue weighted by atomic mass is 9.84. The van der Waals surface area contributed by atoms with Gasteiger partial charge in [-0.15, -0.1) is 0 Å². The SMILES string of the molecule is Cn1c(C#Cc2c[nH]c3ncc(F)cc23)nc(N[C@H]2CCCC[C@@H]2C(=O)O)c1F. The van der Waals surface area contributed by atoms with E-state index in [4.69, 9.17) is 0 Å². The van der Waals surface area contributed by atoms with Crippen LogP contribution in [0.1, 0.15) is 37.1 Å². The lowest BCUT2D eigenvalue weighted by molar-refractivity contribution is -0.143. The third-order valence-corrected chi connectivity index (χ3v) is 5.24. The summed E-state index contributed by atoms with van der Waals surface area (Å²) in [5.41, 5.74) is 1.02. The highest BCUT2D eigenvalue weighted by Crippen LogP contribution is 2.28. The summed E-state index contributed by atoms with van der Waals surface area (Å²) < 4.78 is 29.3. The first kappa shape index (κ1) is 18.9. The van der Waals surface area contributed by atoms with Crippen LogP contribution in [0.15, 0.2) is 18.5 Å². The third-order valence-electron chi connectivity index (χ3n) is 5.24. The maximum absolute atomic E-state index is 14.6. The van der Waals surface area contributed by atoms with Crippen molar-refractivity contribution < 1.29 is 18.7 Å². The molecule has 0 spiro atoms. The van der Waals surface area contributed by atoms with E-state index in [2.05, 4.69) is 32.1 Å². The molecule has 0 aromatic carbocycles. The van der Waals surface area contributed by atoms with E-state index < -0.39 is 23.7 Å². The highest BCUT2D eigenvalue weighted by Gasteiger charge is 2.32. The van der Waals surface area contributed by atoms with Crippen molar-refractivity contribution in [2.75, 3.05) is 5.32 Å². The van der Waals surface area contributed by atoms with E-state index in [1.165, 1.54) is 17.7 Å². The Hall–Kier alpha value is -3.41. The Morgan fingerprint density at radius 2 is 2.14 bits per heavy atom. The highest BCUT2D eigenvalue weighted by atomic mass is 19.1. The Morgan fingerprint density at radius 1 is 1.34 bits per heavy atom. The fourth-order valence-electron chi connectivity index (χ4n) is 3.66. The molecule has 1 saturated carbocycles. The number of aromatic nitrogens is 4. The highest BCUT2D eigenvalue weighted by molar-refractivity contribution is 5.83. The van der Waals surface area contributed by atoms with Gasteiger partial charge in [0.1, 0.15) is 11.5 Å². The summed E-state index contributed by atoms with van der Waals surface area (Å²) in [5, 5.41) is 12.9. The molecule has 1 aliphatic rings. The van der Waals surface area contributed by atoms with Gasteiger partial charge in [-0.1, -0.05) is 18.8 Å². The van der Waals surface area contributed by atoms with Gasteiger partial charge < -0.3 is 15.4 Å². The average Bonchev–Trinajstić information content (AvgIpc) is 3.22. The number of H-pyrrole nitrogens is 1. The Kier molecular flexibility index (Phi) is 4.92. The Bertz CT molecular complexity index is 1140. The molecule has 0 amide bonds. The number of carboxylic acids is 1. The number of rotatable bonds is 3. The molecule has 0 radical (unpaired) electrons. The van der Waals surface area contributed by atoms with Gasteiger partial charge in [-0.2, -0.15) is 4.39 Å². The maximum Gasteiger partial charge on any atom is 0.308 e. The number of hydrogen-bond donors (Lipinski definition) is 3. The number of carboxylic acid groups (broad SMARTS) is 1. The van der Waals surface area contributed by atoms with E-state index in [1.54, 1.807) is 6.20 Å². The number of pyridine rings is 1. The molecule has 0 unspecified atom stereocenters. The number of hydrogen-bond acceptors (Lipinski definition) is 4. The van der Waals surface area contributed by atoms with Crippen LogP contribution in [0.2, 0.25) is 0 Å². The number of halogens is 2. The fourth-order valence-corrected chi connectivity index (χ4v) is 3.66. The number of aromatic amines is 1. The number of nitrogens with zero attached hydrogens (tertiary/aromatic N) is 3. The van der Waals surface area contributed by atoms with Gasteiger partial charge in [-0.05, 0) is 24.8 Å². The van der Waals surface area contributed by atoms with E-state index in [0.29, 0.717) is 29.4 Å². The monoisotopic (exact) mass is 399 g/mol. The third kappa shape index (κ3) is 3.66. The van der Waals surface area contributed by atoms with Gasteiger partial charge in [0.25, 0.3) is 0 Å². The smallest absolute Gasteiger partial charge is 0.308 e. The van der Waals surface area contributed by atoms with E-state index >= 15 is 0 Å². The van der Waals surface area contributed by atoms with Crippen molar-refractivity contribution in [3.05, 3.63) is 41.6 Å². The predicted molar refractivity (Wildman–Crippen MR) is 102 cm³/mol. The lowest BCUT2D eigenvalue weighted by Crippen LogP contribution is -2.37. The molecule has 0 aliphatic heterocycles. The summed E-state index contributed by atoms with van der Waals surface area (Å²) in [7, 11) is 1.49. The zero-order chi connectivity index (χ0) is 20.5. The molecule has 0 bridgehead atoms. The largest absolute Gasteiger partial charge is 0.481 e. The van der Waals surface area contributed by atoms with Crippen molar-refractivity contribution in [3.63, 3.8) is 0 Å². The molecule has 1 fully saturated rings. The van der Waals surface area contributed by atoms with Gasteiger partial charge in [-0.3, -0.25) is 9.36 Å². The molecule has 29 heavy (non-hydrogen) atoms. The van der Waals surface area contributed by atoms with Crippen LogP contribution in [0, 0.1) is 29.5 Å². The minimum absolute atomic E-state index is 0.0124. The minimum Gasteiger partial charge on any atom is -0.481 e. The first-order valence-corrected chi connectivity index (χ1v) is 9.30. The summed E-state index contributed by atoms with van der Waals surface area (Å²) in [6.07, 6.45) is 5.63. The summed E-state index contributed by atoms with van der Waals surface area (Å²) in [5.74, 6) is 3.26. The van der Waals surface area contributed by atoms with E-state index in [9.17, 15) is 18.7 Å². The van der Waals surface area contributed by atoms with Crippen molar-refractivity contribution in [1.29, 1.82) is 0 Å². The Morgan fingerprint density at radius 3 is 2.93 bits per heavy atom. The molecule has 9 heteroatoms. The van der Waals surface area contributed by atoms with Crippen molar-refractivity contribution in [3.8, 4) is 11.8 Å². The molecular weight excluding hydrogens is 380 g/mol.